The van der Waals surface area contributed by atoms with Crippen molar-refractivity contribution < 1.29 is 0 Å². The first-order valence-corrected chi connectivity index (χ1v) is 15.4. The minimum Gasteiger partial charge on any atom is -0.256 e. The molecule has 216 valence electrons. The molecule has 0 atom stereocenters. The molecule has 0 aliphatic rings. The van der Waals surface area contributed by atoms with Gasteiger partial charge in [-0.15, -0.1) is 0 Å². The van der Waals surface area contributed by atoms with Crippen LogP contribution in [0.15, 0.2) is 176 Å². The fourth-order valence-corrected chi connectivity index (χ4v) is 6.01. The zero-order valence-corrected chi connectivity index (χ0v) is 25.1. The molecule has 8 rings (SSSR count). The SMILES string of the molecule is c1ccc(-c2cc(-c3ccccc3)cc(-c3cc(-c4ccccc4)nc(-c4cccc(-c5nccc6ccccc56)c4)n3)c2)cc1. The lowest BCUT2D eigenvalue weighted by Crippen LogP contribution is -1.97. The molecule has 3 nitrogen and oxygen atoms in total. The summed E-state index contributed by atoms with van der Waals surface area (Å²) in [6.45, 7) is 0. The van der Waals surface area contributed by atoms with E-state index >= 15 is 0 Å². The van der Waals surface area contributed by atoms with Gasteiger partial charge in [-0.1, -0.05) is 133 Å². The summed E-state index contributed by atoms with van der Waals surface area (Å²) in [6.07, 6.45) is 1.87. The maximum Gasteiger partial charge on any atom is 0.160 e. The highest BCUT2D eigenvalue weighted by Crippen LogP contribution is 2.35. The first-order chi connectivity index (χ1) is 22.8. The van der Waals surface area contributed by atoms with Crippen molar-refractivity contribution in [3.05, 3.63) is 176 Å². The lowest BCUT2D eigenvalue weighted by molar-refractivity contribution is 1.18. The van der Waals surface area contributed by atoms with Gasteiger partial charge in [0.05, 0.1) is 17.1 Å². The van der Waals surface area contributed by atoms with E-state index in [-0.39, 0.29) is 0 Å². The van der Waals surface area contributed by atoms with E-state index in [2.05, 4.69) is 152 Å². The summed E-state index contributed by atoms with van der Waals surface area (Å²) in [6, 6.07) is 59.0. The maximum atomic E-state index is 5.23. The average Bonchev–Trinajstić information content (AvgIpc) is 3.15. The van der Waals surface area contributed by atoms with E-state index in [1.807, 2.05) is 24.4 Å². The van der Waals surface area contributed by atoms with Gasteiger partial charge in [-0.25, -0.2) is 9.97 Å². The van der Waals surface area contributed by atoms with Gasteiger partial charge >= 0.3 is 0 Å². The van der Waals surface area contributed by atoms with Crippen LogP contribution in [0.1, 0.15) is 0 Å². The van der Waals surface area contributed by atoms with E-state index in [0.717, 1.165) is 72.4 Å². The van der Waals surface area contributed by atoms with Crippen molar-refractivity contribution in [3.8, 4) is 67.4 Å². The Labute approximate surface area is 268 Å². The van der Waals surface area contributed by atoms with Crippen LogP contribution in [0, 0.1) is 0 Å². The van der Waals surface area contributed by atoms with Crippen LogP contribution in [0.3, 0.4) is 0 Å². The molecule has 0 saturated heterocycles. The van der Waals surface area contributed by atoms with E-state index in [1.165, 1.54) is 0 Å². The van der Waals surface area contributed by atoms with Crippen LogP contribution < -0.4 is 0 Å². The molecule has 3 heteroatoms. The number of fused-ring (bicyclic) bond motifs is 1. The van der Waals surface area contributed by atoms with Crippen molar-refractivity contribution in [1.29, 1.82) is 0 Å². The fraction of sp³-hybridized carbons (Fsp3) is 0. The third kappa shape index (κ3) is 5.47. The standard InChI is InChI=1S/C43H29N3/c1-4-13-30(14-5-1)36-26-37(31-15-6-2-7-16-31)28-38(27-36)41-29-40(33-18-8-3-9-19-33)45-43(46-41)35-21-12-20-34(25-35)42-39-22-11-10-17-32(39)23-24-44-42/h1-29H. The van der Waals surface area contributed by atoms with Crippen LogP contribution in [-0.2, 0) is 0 Å². The second-order valence-electron chi connectivity index (χ2n) is 11.3. The van der Waals surface area contributed by atoms with Gasteiger partial charge in [0.15, 0.2) is 5.82 Å². The van der Waals surface area contributed by atoms with Crippen LogP contribution in [0.2, 0.25) is 0 Å². The van der Waals surface area contributed by atoms with Gasteiger partial charge in [-0.3, -0.25) is 4.98 Å². The molecule has 0 amide bonds. The lowest BCUT2D eigenvalue weighted by Gasteiger charge is -2.13. The minimum atomic E-state index is 0.671. The largest absolute Gasteiger partial charge is 0.256 e. The molecule has 8 aromatic rings. The zero-order valence-electron chi connectivity index (χ0n) is 25.1. The maximum absolute atomic E-state index is 5.23. The molecular formula is C43H29N3. The lowest BCUT2D eigenvalue weighted by atomic mass is 9.94. The van der Waals surface area contributed by atoms with Gasteiger partial charge in [0.1, 0.15) is 0 Å². The topological polar surface area (TPSA) is 38.7 Å². The summed E-state index contributed by atoms with van der Waals surface area (Å²) < 4.78 is 0. The zero-order chi connectivity index (χ0) is 30.7. The predicted molar refractivity (Wildman–Crippen MR) is 190 cm³/mol. The van der Waals surface area contributed by atoms with Crippen molar-refractivity contribution in [1.82, 2.24) is 15.0 Å². The van der Waals surface area contributed by atoms with E-state index < -0.39 is 0 Å². The van der Waals surface area contributed by atoms with Gasteiger partial charge in [0.2, 0.25) is 0 Å². The molecule has 0 spiro atoms. The summed E-state index contributed by atoms with van der Waals surface area (Å²) in [5.74, 6) is 0.671. The van der Waals surface area contributed by atoms with Crippen molar-refractivity contribution in [3.63, 3.8) is 0 Å². The molecular weight excluding hydrogens is 558 g/mol. The second-order valence-corrected chi connectivity index (χ2v) is 11.3. The number of aromatic nitrogens is 3. The predicted octanol–water partition coefficient (Wildman–Crippen LogP) is 11.0. The Balaban J connectivity index is 1.32. The number of rotatable bonds is 6. The number of benzene rings is 6. The smallest absolute Gasteiger partial charge is 0.160 e. The van der Waals surface area contributed by atoms with Gasteiger partial charge in [-0.05, 0) is 64.0 Å². The highest BCUT2D eigenvalue weighted by Gasteiger charge is 2.15. The van der Waals surface area contributed by atoms with Gasteiger partial charge in [0, 0.05) is 33.8 Å². The van der Waals surface area contributed by atoms with Crippen molar-refractivity contribution in [2.45, 2.75) is 0 Å². The van der Waals surface area contributed by atoms with E-state index in [9.17, 15) is 0 Å². The van der Waals surface area contributed by atoms with Gasteiger partial charge in [-0.2, -0.15) is 0 Å². The Bertz CT molecular complexity index is 2230. The second kappa shape index (κ2) is 12.1. The Kier molecular flexibility index (Phi) is 7.18. The molecule has 0 N–H and O–H groups in total. The van der Waals surface area contributed by atoms with Crippen molar-refractivity contribution >= 4 is 10.8 Å². The van der Waals surface area contributed by atoms with Gasteiger partial charge in [0.25, 0.3) is 0 Å². The monoisotopic (exact) mass is 587 g/mol. The Hall–Kier alpha value is -6.19. The minimum absolute atomic E-state index is 0.671. The van der Waals surface area contributed by atoms with Crippen LogP contribution in [0.5, 0.6) is 0 Å². The highest BCUT2D eigenvalue weighted by molar-refractivity contribution is 5.95. The third-order valence-electron chi connectivity index (χ3n) is 8.31. The van der Waals surface area contributed by atoms with Crippen LogP contribution in [0.25, 0.3) is 78.2 Å². The summed E-state index contributed by atoms with van der Waals surface area (Å²) >= 11 is 0. The molecule has 46 heavy (non-hydrogen) atoms. The number of pyridine rings is 1. The third-order valence-corrected chi connectivity index (χ3v) is 8.31. The van der Waals surface area contributed by atoms with Crippen LogP contribution in [-0.4, -0.2) is 15.0 Å². The Morgan fingerprint density at radius 1 is 0.326 bits per heavy atom. The van der Waals surface area contributed by atoms with Crippen LogP contribution >= 0.6 is 0 Å². The summed E-state index contributed by atoms with van der Waals surface area (Å²) in [4.78, 5) is 15.1. The fourth-order valence-electron chi connectivity index (χ4n) is 6.01. The molecule has 2 heterocycles. The van der Waals surface area contributed by atoms with Crippen LogP contribution in [0.4, 0.5) is 0 Å². The number of hydrogen-bond acceptors (Lipinski definition) is 3. The number of hydrogen-bond donors (Lipinski definition) is 0. The molecule has 0 aliphatic heterocycles. The summed E-state index contributed by atoms with van der Waals surface area (Å²) in [5.41, 5.74) is 11.3. The first kappa shape index (κ1) is 27.4. The summed E-state index contributed by atoms with van der Waals surface area (Å²) in [7, 11) is 0. The summed E-state index contributed by atoms with van der Waals surface area (Å²) in [5, 5.41) is 2.28. The Morgan fingerprint density at radius 3 is 1.50 bits per heavy atom. The molecule has 0 fully saturated rings. The van der Waals surface area contributed by atoms with E-state index in [0.29, 0.717) is 5.82 Å². The molecule has 6 aromatic carbocycles. The molecule has 2 aromatic heterocycles. The van der Waals surface area contributed by atoms with Gasteiger partial charge < -0.3 is 0 Å². The average molecular weight is 588 g/mol. The quantitative estimate of drug-likeness (QED) is 0.194. The van der Waals surface area contributed by atoms with E-state index in [4.69, 9.17) is 15.0 Å². The molecule has 0 unspecified atom stereocenters. The first-order valence-electron chi connectivity index (χ1n) is 15.4. The van der Waals surface area contributed by atoms with Crippen molar-refractivity contribution in [2.75, 3.05) is 0 Å². The molecule has 0 saturated carbocycles. The number of nitrogens with zero attached hydrogens (tertiary/aromatic N) is 3. The highest BCUT2D eigenvalue weighted by atomic mass is 14.9. The normalized spacial score (nSPS) is 11.0. The van der Waals surface area contributed by atoms with E-state index in [1.54, 1.807) is 0 Å². The van der Waals surface area contributed by atoms with Crippen molar-refractivity contribution in [2.24, 2.45) is 0 Å². The Morgan fingerprint density at radius 2 is 0.826 bits per heavy atom. The molecule has 0 bridgehead atoms. The molecule has 0 aliphatic carbocycles. The molecule has 0 radical (unpaired) electrons.